The van der Waals surface area contributed by atoms with Crippen molar-refractivity contribution in [2.24, 2.45) is 0 Å². The molecular formula is C27H30FN3O6. The fourth-order valence-corrected chi connectivity index (χ4v) is 4.50. The second-order valence-electron chi connectivity index (χ2n) is 9.03. The molecule has 4 rings (SSSR count). The number of hydrogen-bond acceptors (Lipinski definition) is 7. The van der Waals surface area contributed by atoms with Gasteiger partial charge in [0, 0.05) is 19.0 Å². The smallest absolute Gasteiger partial charge is 0.289 e. The average Bonchev–Trinajstić information content (AvgIpc) is 3.37. The highest BCUT2D eigenvalue weighted by atomic mass is 19.1. The summed E-state index contributed by atoms with van der Waals surface area (Å²) in [6, 6.07) is 11.3. The van der Waals surface area contributed by atoms with Crippen molar-refractivity contribution in [1.82, 2.24) is 14.5 Å². The molecule has 9 nitrogen and oxygen atoms in total. The minimum Gasteiger partial charge on any atom is -0.494 e. The highest BCUT2D eigenvalue weighted by Gasteiger charge is 2.33. The first-order chi connectivity index (χ1) is 17.7. The Balaban J connectivity index is 1.79. The fraction of sp³-hybridized carbons (Fsp3) is 0.370. The van der Waals surface area contributed by atoms with E-state index in [-0.39, 0.29) is 42.5 Å². The van der Waals surface area contributed by atoms with Crippen LogP contribution >= 0.6 is 0 Å². The first-order valence-corrected chi connectivity index (χ1v) is 12.0. The summed E-state index contributed by atoms with van der Waals surface area (Å²) in [6.45, 7) is 4.16. The van der Waals surface area contributed by atoms with Crippen LogP contribution < -0.4 is 15.0 Å². The van der Waals surface area contributed by atoms with Crippen molar-refractivity contribution in [2.45, 2.75) is 38.9 Å². The van der Waals surface area contributed by atoms with Gasteiger partial charge in [0.15, 0.2) is 5.56 Å². The molecule has 0 radical (unpaired) electrons. The molecule has 1 N–H and O–H groups in total. The van der Waals surface area contributed by atoms with Crippen molar-refractivity contribution in [3.63, 3.8) is 0 Å². The molecule has 1 aliphatic rings. The number of likely N-dealkylation sites (tertiary alicyclic amines) is 1. The molecule has 2 heterocycles. The van der Waals surface area contributed by atoms with Gasteiger partial charge in [0.25, 0.3) is 11.5 Å². The number of aromatic hydroxyl groups is 1. The molecule has 1 atom stereocenters. The third-order valence-electron chi connectivity index (χ3n) is 6.32. The number of halogens is 1. The summed E-state index contributed by atoms with van der Waals surface area (Å²) in [4.78, 5) is 32.2. The first kappa shape index (κ1) is 26.2. The van der Waals surface area contributed by atoms with Crippen molar-refractivity contribution >= 4 is 5.91 Å². The van der Waals surface area contributed by atoms with E-state index < -0.39 is 22.9 Å². The zero-order valence-electron chi connectivity index (χ0n) is 21.2. The number of rotatable bonds is 8. The van der Waals surface area contributed by atoms with Gasteiger partial charge in [-0.15, -0.1) is 0 Å². The minimum absolute atomic E-state index is 0.0783. The topological polar surface area (TPSA) is 103 Å². The largest absolute Gasteiger partial charge is 0.494 e. The standard InChI is InChI=1S/C27H30FN3O6/c1-16(2)37-15-22-29-25(32)23(27(34)31(22)24-20(35-3)9-6-10-21(24)36-4)26(33)30-12-11-18(14-30)17-7-5-8-19(28)13-17/h5-10,13,16,18,34H,11-12,14-15H2,1-4H3. The first-order valence-electron chi connectivity index (χ1n) is 12.0. The van der Waals surface area contributed by atoms with E-state index in [0.717, 1.165) is 5.56 Å². The summed E-state index contributed by atoms with van der Waals surface area (Å²) in [5, 5.41) is 11.4. The highest BCUT2D eigenvalue weighted by molar-refractivity contribution is 5.96. The molecule has 196 valence electrons. The zero-order chi connectivity index (χ0) is 26.7. The SMILES string of the molecule is COc1cccc(OC)c1-n1c(COC(C)C)nc(=O)c(C(=O)N2CCC(c3cccc(F)c3)C2)c1O. The molecule has 1 amide bonds. The molecule has 1 saturated heterocycles. The van der Waals surface area contributed by atoms with Gasteiger partial charge in [0.1, 0.15) is 35.4 Å². The third-order valence-corrected chi connectivity index (χ3v) is 6.32. The number of hydrogen-bond donors (Lipinski definition) is 1. The van der Waals surface area contributed by atoms with Gasteiger partial charge in [-0.1, -0.05) is 18.2 Å². The van der Waals surface area contributed by atoms with Crippen molar-refractivity contribution in [3.8, 4) is 23.1 Å². The van der Waals surface area contributed by atoms with Crippen LogP contribution in [0.15, 0.2) is 47.3 Å². The van der Waals surface area contributed by atoms with Gasteiger partial charge in [0.05, 0.1) is 20.3 Å². The molecule has 1 unspecified atom stereocenters. The van der Waals surface area contributed by atoms with Gasteiger partial charge in [-0.25, -0.2) is 4.39 Å². The van der Waals surface area contributed by atoms with E-state index >= 15 is 0 Å². The molecule has 2 aromatic carbocycles. The molecule has 1 aliphatic heterocycles. The second-order valence-corrected chi connectivity index (χ2v) is 9.03. The lowest BCUT2D eigenvalue weighted by molar-refractivity contribution is 0.0590. The Labute approximate surface area is 214 Å². The van der Waals surface area contributed by atoms with Crippen molar-refractivity contribution < 1.29 is 28.5 Å². The predicted molar refractivity (Wildman–Crippen MR) is 134 cm³/mol. The van der Waals surface area contributed by atoms with Crippen molar-refractivity contribution in [2.75, 3.05) is 27.3 Å². The van der Waals surface area contributed by atoms with Crippen LogP contribution in [0.1, 0.15) is 47.9 Å². The molecule has 1 aromatic heterocycles. The van der Waals surface area contributed by atoms with Crippen LogP contribution in [0.25, 0.3) is 5.69 Å². The lowest BCUT2D eigenvalue weighted by Crippen LogP contribution is -2.35. The molecule has 3 aromatic rings. The van der Waals surface area contributed by atoms with Gasteiger partial charge in [0.2, 0.25) is 5.88 Å². The van der Waals surface area contributed by atoms with E-state index in [1.807, 2.05) is 19.9 Å². The maximum atomic E-state index is 13.7. The van der Waals surface area contributed by atoms with Gasteiger partial charge >= 0.3 is 0 Å². The van der Waals surface area contributed by atoms with E-state index in [9.17, 15) is 19.1 Å². The third kappa shape index (κ3) is 5.29. The highest BCUT2D eigenvalue weighted by Crippen LogP contribution is 2.37. The van der Waals surface area contributed by atoms with Crippen molar-refractivity contribution in [1.29, 1.82) is 0 Å². The van der Waals surface area contributed by atoms with Crippen LogP contribution in [0.5, 0.6) is 17.4 Å². The van der Waals surface area contributed by atoms with Crippen LogP contribution in [-0.4, -0.2) is 58.9 Å². The molecule has 0 aliphatic carbocycles. The van der Waals surface area contributed by atoms with E-state index in [2.05, 4.69) is 4.98 Å². The van der Waals surface area contributed by atoms with Gasteiger partial charge in [-0.2, -0.15) is 4.98 Å². The Morgan fingerprint density at radius 3 is 2.46 bits per heavy atom. The molecule has 0 saturated carbocycles. The number of benzene rings is 2. The lowest BCUT2D eigenvalue weighted by atomic mass is 9.98. The molecule has 0 spiro atoms. The molecule has 1 fully saturated rings. The van der Waals surface area contributed by atoms with Crippen LogP contribution in [0.3, 0.4) is 0 Å². The predicted octanol–water partition coefficient (Wildman–Crippen LogP) is 3.65. The number of amides is 1. The Morgan fingerprint density at radius 1 is 1.16 bits per heavy atom. The van der Waals surface area contributed by atoms with E-state index in [0.29, 0.717) is 24.5 Å². The number of ether oxygens (including phenoxy) is 3. The Morgan fingerprint density at radius 2 is 1.84 bits per heavy atom. The van der Waals surface area contributed by atoms with Gasteiger partial charge in [-0.05, 0) is 50.1 Å². The number of carbonyl (C=O) groups is 1. The summed E-state index contributed by atoms with van der Waals surface area (Å²) in [5.74, 6) is -0.956. The van der Waals surface area contributed by atoms with Crippen LogP contribution in [-0.2, 0) is 11.3 Å². The average molecular weight is 512 g/mol. The van der Waals surface area contributed by atoms with E-state index in [4.69, 9.17) is 14.2 Å². The van der Waals surface area contributed by atoms with E-state index in [1.54, 1.807) is 24.3 Å². The normalized spacial score (nSPS) is 15.3. The van der Waals surface area contributed by atoms with Crippen LogP contribution in [0, 0.1) is 5.82 Å². The summed E-state index contributed by atoms with van der Waals surface area (Å²) < 4.78 is 31.7. The summed E-state index contributed by atoms with van der Waals surface area (Å²) in [5.41, 5.74) is -0.298. The minimum atomic E-state index is -0.871. The van der Waals surface area contributed by atoms with E-state index in [1.165, 1.54) is 35.8 Å². The summed E-state index contributed by atoms with van der Waals surface area (Å²) >= 11 is 0. The number of nitrogens with zero attached hydrogens (tertiary/aromatic N) is 3. The molecule has 37 heavy (non-hydrogen) atoms. The Bertz CT molecular complexity index is 1330. The maximum absolute atomic E-state index is 13.7. The monoisotopic (exact) mass is 511 g/mol. The second kappa shape index (κ2) is 11.0. The number of para-hydroxylation sites is 1. The fourth-order valence-electron chi connectivity index (χ4n) is 4.50. The van der Waals surface area contributed by atoms with Crippen LogP contribution in [0.2, 0.25) is 0 Å². The van der Waals surface area contributed by atoms with Gasteiger partial charge in [-0.3, -0.25) is 14.2 Å². The molecule has 10 heteroatoms. The quantitative estimate of drug-likeness (QED) is 0.492. The summed E-state index contributed by atoms with van der Waals surface area (Å²) in [6.07, 6.45) is 0.413. The summed E-state index contributed by atoms with van der Waals surface area (Å²) in [7, 11) is 2.91. The maximum Gasteiger partial charge on any atom is 0.289 e. The lowest BCUT2D eigenvalue weighted by Gasteiger charge is -2.23. The molecule has 0 bridgehead atoms. The Hall–Kier alpha value is -3.92. The number of methoxy groups -OCH3 is 2. The van der Waals surface area contributed by atoms with Crippen molar-refractivity contribution in [3.05, 3.63) is 75.6 Å². The molecular weight excluding hydrogens is 481 g/mol. The van der Waals surface area contributed by atoms with Gasteiger partial charge < -0.3 is 24.2 Å². The number of aromatic nitrogens is 2. The Kier molecular flexibility index (Phi) is 7.77. The van der Waals surface area contributed by atoms with Crippen LogP contribution in [0.4, 0.5) is 4.39 Å². The number of carbonyl (C=O) groups excluding carboxylic acids is 1. The zero-order valence-corrected chi connectivity index (χ0v) is 21.2.